The number of aliphatic carboxylic acids is 1. The summed E-state index contributed by atoms with van der Waals surface area (Å²) < 4.78 is 5.26. The summed E-state index contributed by atoms with van der Waals surface area (Å²) in [4.78, 5) is 24.7. The number of carboxylic acid groups (broad SMARTS) is 1. The van der Waals surface area contributed by atoms with E-state index in [4.69, 9.17) is 9.84 Å². The minimum absolute atomic E-state index is 0. The summed E-state index contributed by atoms with van der Waals surface area (Å²) in [5, 5.41) is 11.9. The molecule has 0 bridgehead atoms. The molecule has 0 radical (unpaired) electrons. The maximum atomic E-state index is 11.9. The quantitative estimate of drug-likeness (QED) is 0.781. The Morgan fingerprint density at radius 2 is 2.13 bits per heavy atom. The summed E-state index contributed by atoms with van der Waals surface area (Å²) in [5.41, 5.74) is 1.04. The number of para-hydroxylation sites is 1. The number of nitrogens with zero attached hydrogens (tertiary/aromatic N) is 1. The number of hydrogen-bond donors (Lipinski definition) is 2. The van der Waals surface area contributed by atoms with E-state index in [0.29, 0.717) is 25.9 Å². The lowest BCUT2D eigenvalue weighted by Gasteiger charge is -2.20. The molecule has 1 aromatic carbocycles. The van der Waals surface area contributed by atoms with Crippen LogP contribution in [-0.4, -0.2) is 54.7 Å². The number of carbonyl (C=O) groups is 2. The Bertz CT molecular complexity index is 539. The minimum Gasteiger partial charge on any atom is -0.496 e. The first-order chi connectivity index (χ1) is 10.6. The normalized spacial score (nSPS) is 17.3. The van der Waals surface area contributed by atoms with Crippen molar-refractivity contribution in [1.29, 1.82) is 0 Å². The predicted molar refractivity (Wildman–Crippen MR) is 89.2 cm³/mol. The first-order valence-corrected chi connectivity index (χ1v) is 7.47. The second-order valence-electron chi connectivity index (χ2n) is 5.38. The van der Waals surface area contributed by atoms with Crippen LogP contribution in [-0.2, 0) is 16.0 Å². The van der Waals surface area contributed by atoms with Gasteiger partial charge in [0.25, 0.3) is 0 Å². The lowest BCUT2D eigenvalue weighted by molar-refractivity contribution is -0.142. The zero-order valence-electron chi connectivity index (χ0n) is 13.2. The van der Waals surface area contributed by atoms with E-state index in [0.717, 1.165) is 17.7 Å². The number of nitrogens with one attached hydrogen (secondary N) is 1. The molecule has 1 fully saturated rings. The Hall–Kier alpha value is -1.79. The fourth-order valence-corrected chi connectivity index (χ4v) is 2.78. The van der Waals surface area contributed by atoms with E-state index in [-0.39, 0.29) is 24.9 Å². The van der Waals surface area contributed by atoms with Gasteiger partial charge in [-0.05, 0) is 37.4 Å². The van der Waals surface area contributed by atoms with Crippen molar-refractivity contribution in [3.8, 4) is 5.75 Å². The SMILES string of the molecule is COc1ccccc1CCNC(=O)CN1CCCC1C(=O)O.Cl. The van der Waals surface area contributed by atoms with Crippen LogP contribution in [0.15, 0.2) is 24.3 Å². The standard InChI is InChI=1S/C16H22N2O4.ClH/c1-22-14-7-3-2-5-12(14)8-9-17-15(19)11-18-10-4-6-13(18)16(20)21;/h2-3,5,7,13H,4,6,8-11H2,1H3,(H,17,19)(H,20,21);1H. The van der Waals surface area contributed by atoms with E-state index in [1.165, 1.54) is 0 Å². The van der Waals surface area contributed by atoms with Crippen LogP contribution in [0.2, 0.25) is 0 Å². The summed E-state index contributed by atoms with van der Waals surface area (Å²) in [5.74, 6) is -0.176. The van der Waals surface area contributed by atoms with Crippen LogP contribution in [0.4, 0.5) is 0 Å². The Labute approximate surface area is 142 Å². The van der Waals surface area contributed by atoms with Gasteiger partial charge >= 0.3 is 5.97 Å². The van der Waals surface area contributed by atoms with Gasteiger partial charge in [0.05, 0.1) is 13.7 Å². The molecule has 1 atom stereocenters. The topological polar surface area (TPSA) is 78.9 Å². The number of likely N-dealkylation sites (tertiary alicyclic amines) is 1. The molecule has 1 saturated heterocycles. The summed E-state index contributed by atoms with van der Waals surface area (Å²) in [7, 11) is 1.62. The van der Waals surface area contributed by atoms with E-state index in [1.807, 2.05) is 24.3 Å². The lowest BCUT2D eigenvalue weighted by Crippen LogP contribution is -2.43. The fourth-order valence-electron chi connectivity index (χ4n) is 2.78. The van der Waals surface area contributed by atoms with Crippen molar-refractivity contribution in [2.24, 2.45) is 0 Å². The van der Waals surface area contributed by atoms with Gasteiger partial charge in [-0.15, -0.1) is 12.4 Å². The third kappa shape index (κ3) is 5.41. The van der Waals surface area contributed by atoms with Crippen LogP contribution in [0.25, 0.3) is 0 Å². The molecule has 2 rings (SSSR count). The van der Waals surface area contributed by atoms with Gasteiger partial charge in [0.1, 0.15) is 11.8 Å². The van der Waals surface area contributed by atoms with Gasteiger partial charge in [0.2, 0.25) is 5.91 Å². The maximum Gasteiger partial charge on any atom is 0.320 e. The number of carbonyl (C=O) groups excluding carboxylic acids is 1. The van der Waals surface area contributed by atoms with E-state index >= 15 is 0 Å². The second kappa shape index (κ2) is 9.37. The number of rotatable bonds is 7. The van der Waals surface area contributed by atoms with Crippen LogP contribution >= 0.6 is 12.4 Å². The Morgan fingerprint density at radius 1 is 1.39 bits per heavy atom. The molecule has 128 valence electrons. The van der Waals surface area contributed by atoms with Crippen molar-refractivity contribution >= 4 is 24.3 Å². The van der Waals surface area contributed by atoms with Crippen molar-refractivity contribution in [2.75, 3.05) is 26.7 Å². The van der Waals surface area contributed by atoms with E-state index in [1.54, 1.807) is 12.0 Å². The second-order valence-corrected chi connectivity index (χ2v) is 5.38. The molecule has 0 aromatic heterocycles. The highest BCUT2D eigenvalue weighted by Crippen LogP contribution is 2.18. The summed E-state index contributed by atoms with van der Waals surface area (Å²) in [6.07, 6.45) is 2.12. The van der Waals surface area contributed by atoms with Gasteiger partial charge in [-0.25, -0.2) is 0 Å². The average molecular weight is 343 g/mol. The molecule has 6 nitrogen and oxygen atoms in total. The zero-order valence-corrected chi connectivity index (χ0v) is 14.0. The molecule has 1 unspecified atom stereocenters. The van der Waals surface area contributed by atoms with Crippen LogP contribution < -0.4 is 10.1 Å². The highest BCUT2D eigenvalue weighted by molar-refractivity contribution is 5.85. The number of amides is 1. The fraction of sp³-hybridized carbons (Fsp3) is 0.500. The molecule has 7 heteroatoms. The summed E-state index contributed by atoms with van der Waals surface area (Å²) in [6.45, 7) is 1.31. The monoisotopic (exact) mass is 342 g/mol. The largest absolute Gasteiger partial charge is 0.496 e. The van der Waals surface area contributed by atoms with Crippen molar-refractivity contribution in [2.45, 2.75) is 25.3 Å². The van der Waals surface area contributed by atoms with Crippen molar-refractivity contribution in [3.05, 3.63) is 29.8 Å². The molecule has 1 aromatic rings. The van der Waals surface area contributed by atoms with Crippen molar-refractivity contribution in [3.63, 3.8) is 0 Å². The highest BCUT2D eigenvalue weighted by atomic mass is 35.5. The molecule has 0 aliphatic carbocycles. The summed E-state index contributed by atoms with van der Waals surface area (Å²) in [6, 6.07) is 7.16. The van der Waals surface area contributed by atoms with E-state index in [9.17, 15) is 9.59 Å². The van der Waals surface area contributed by atoms with Crippen molar-refractivity contribution in [1.82, 2.24) is 10.2 Å². The molecule has 2 N–H and O–H groups in total. The molecular weight excluding hydrogens is 320 g/mol. The van der Waals surface area contributed by atoms with Gasteiger partial charge in [0, 0.05) is 6.54 Å². The number of methoxy groups -OCH3 is 1. The van der Waals surface area contributed by atoms with Gasteiger partial charge in [-0.1, -0.05) is 18.2 Å². The van der Waals surface area contributed by atoms with Gasteiger partial charge < -0.3 is 15.2 Å². The smallest absolute Gasteiger partial charge is 0.320 e. The predicted octanol–water partition coefficient (Wildman–Crippen LogP) is 1.32. The molecule has 0 saturated carbocycles. The Balaban J connectivity index is 0.00000264. The van der Waals surface area contributed by atoms with Gasteiger partial charge in [-0.2, -0.15) is 0 Å². The number of carboxylic acids is 1. The number of ether oxygens (including phenoxy) is 1. The van der Waals surface area contributed by atoms with E-state index in [2.05, 4.69) is 5.32 Å². The third-order valence-corrected chi connectivity index (χ3v) is 3.90. The lowest BCUT2D eigenvalue weighted by atomic mass is 10.1. The Kier molecular flexibility index (Phi) is 7.85. The molecule has 1 aliphatic rings. The third-order valence-electron chi connectivity index (χ3n) is 3.90. The van der Waals surface area contributed by atoms with Crippen LogP contribution in [0.5, 0.6) is 5.75 Å². The molecule has 1 amide bonds. The van der Waals surface area contributed by atoms with Crippen LogP contribution in [0.3, 0.4) is 0 Å². The van der Waals surface area contributed by atoms with Crippen LogP contribution in [0.1, 0.15) is 18.4 Å². The van der Waals surface area contributed by atoms with Gasteiger partial charge in [-0.3, -0.25) is 14.5 Å². The first kappa shape index (κ1) is 19.3. The average Bonchev–Trinajstić information content (AvgIpc) is 2.96. The number of hydrogen-bond acceptors (Lipinski definition) is 4. The molecule has 23 heavy (non-hydrogen) atoms. The number of halogens is 1. The van der Waals surface area contributed by atoms with Crippen LogP contribution in [0, 0.1) is 0 Å². The van der Waals surface area contributed by atoms with Gasteiger partial charge in [0.15, 0.2) is 0 Å². The molecule has 1 heterocycles. The highest BCUT2D eigenvalue weighted by Gasteiger charge is 2.31. The summed E-state index contributed by atoms with van der Waals surface area (Å²) >= 11 is 0. The Morgan fingerprint density at radius 3 is 2.83 bits per heavy atom. The van der Waals surface area contributed by atoms with Crippen molar-refractivity contribution < 1.29 is 19.4 Å². The maximum absolute atomic E-state index is 11.9. The molecule has 0 spiro atoms. The zero-order chi connectivity index (χ0) is 15.9. The number of benzene rings is 1. The first-order valence-electron chi connectivity index (χ1n) is 7.47. The molecular formula is C16H23ClN2O4. The minimum atomic E-state index is -0.848. The molecule has 1 aliphatic heterocycles. The van der Waals surface area contributed by atoms with E-state index < -0.39 is 12.0 Å².